The van der Waals surface area contributed by atoms with E-state index in [1.807, 2.05) is 0 Å². The predicted molar refractivity (Wildman–Crippen MR) is 54.6 cm³/mol. The molecule has 0 unspecified atom stereocenters. The Morgan fingerprint density at radius 2 is 2.07 bits per heavy atom. The van der Waals surface area contributed by atoms with E-state index in [4.69, 9.17) is 0 Å². The molecule has 0 bridgehead atoms. The summed E-state index contributed by atoms with van der Waals surface area (Å²) in [6, 6.07) is 0.985. The molecule has 1 aromatic rings. The molecule has 0 saturated heterocycles. The molecule has 0 atom stereocenters. The molecule has 0 aliphatic heterocycles. The molecular weight excluding hydrogens is 223 g/mol. The number of pyridine rings is 1. The van der Waals surface area contributed by atoms with E-state index in [2.05, 4.69) is 29.5 Å². The van der Waals surface area contributed by atoms with Gasteiger partial charge >= 0.3 is 6.18 Å². The van der Waals surface area contributed by atoms with E-state index in [1.54, 1.807) is 0 Å². The number of hydrogen-bond donors (Lipinski definition) is 1. The van der Waals surface area contributed by atoms with Gasteiger partial charge in [-0.25, -0.2) is 0 Å². The number of aromatic nitrogens is 1. The second kappa shape index (κ2) is 5.08. The Bertz CT molecular complexity index is 390. The van der Waals surface area contributed by atoms with Crippen LogP contribution in [0.5, 0.6) is 0 Å². The minimum atomic E-state index is -4.37. The molecule has 80 valence electrons. The summed E-state index contributed by atoms with van der Waals surface area (Å²) in [6.07, 6.45) is -1.74. The van der Waals surface area contributed by atoms with Crippen LogP contribution in [0.2, 0.25) is 0 Å². The Labute approximate surface area is 91.1 Å². The summed E-state index contributed by atoms with van der Waals surface area (Å²) in [7, 11) is 0. The molecule has 1 aromatic heterocycles. The Balaban J connectivity index is 2.90. The fraction of sp³-hybridized carbons (Fsp3) is 0.300. The highest BCUT2D eigenvalue weighted by atomic mass is 32.1. The highest BCUT2D eigenvalue weighted by molar-refractivity contribution is 7.80. The van der Waals surface area contributed by atoms with E-state index in [9.17, 15) is 13.2 Å². The van der Waals surface area contributed by atoms with E-state index in [0.29, 0.717) is 12.2 Å². The van der Waals surface area contributed by atoms with Crippen LogP contribution in [0, 0.1) is 11.8 Å². The maximum absolute atomic E-state index is 12.3. The molecule has 0 N–H and O–H groups in total. The highest BCUT2D eigenvalue weighted by Gasteiger charge is 2.30. The Morgan fingerprint density at radius 3 is 2.67 bits per heavy atom. The number of thiol groups is 1. The van der Waals surface area contributed by atoms with Crippen molar-refractivity contribution in [2.75, 3.05) is 5.75 Å². The van der Waals surface area contributed by atoms with Crippen molar-refractivity contribution in [3.05, 3.63) is 29.6 Å². The average Bonchev–Trinajstić information content (AvgIpc) is 2.17. The molecule has 0 saturated carbocycles. The van der Waals surface area contributed by atoms with E-state index in [1.165, 1.54) is 6.20 Å². The van der Waals surface area contributed by atoms with Crippen molar-refractivity contribution in [3.63, 3.8) is 0 Å². The van der Waals surface area contributed by atoms with Gasteiger partial charge in [-0.05, 0) is 6.07 Å². The van der Waals surface area contributed by atoms with Gasteiger partial charge in [-0.3, -0.25) is 4.98 Å². The molecule has 0 radical (unpaired) electrons. The van der Waals surface area contributed by atoms with E-state index >= 15 is 0 Å². The first-order valence-electron chi connectivity index (χ1n) is 4.16. The first kappa shape index (κ1) is 11.9. The smallest absolute Gasteiger partial charge is 0.263 e. The normalized spacial score (nSPS) is 10.7. The van der Waals surface area contributed by atoms with Gasteiger partial charge in [-0.2, -0.15) is 25.8 Å². The van der Waals surface area contributed by atoms with Crippen molar-refractivity contribution in [2.24, 2.45) is 0 Å². The van der Waals surface area contributed by atoms with Crippen LogP contribution in [0.15, 0.2) is 18.5 Å². The van der Waals surface area contributed by atoms with Gasteiger partial charge in [-0.1, -0.05) is 11.8 Å². The summed E-state index contributed by atoms with van der Waals surface area (Å²) in [6.45, 7) is 0. The minimum absolute atomic E-state index is 0.270. The van der Waals surface area contributed by atoms with E-state index in [0.717, 1.165) is 12.3 Å². The van der Waals surface area contributed by atoms with Crippen molar-refractivity contribution in [1.29, 1.82) is 0 Å². The van der Waals surface area contributed by atoms with Crippen LogP contribution in [0.3, 0.4) is 0 Å². The summed E-state index contributed by atoms with van der Waals surface area (Å²) in [4.78, 5) is 3.49. The van der Waals surface area contributed by atoms with Gasteiger partial charge in [-0.15, -0.1) is 0 Å². The molecule has 0 aromatic carbocycles. The van der Waals surface area contributed by atoms with Crippen LogP contribution in [-0.2, 0) is 6.18 Å². The maximum Gasteiger partial charge on any atom is 0.417 e. The molecule has 0 spiro atoms. The fourth-order valence-electron chi connectivity index (χ4n) is 0.884. The van der Waals surface area contributed by atoms with Gasteiger partial charge in [0.15, 0.2) is 0 Å². The first-order chi connectivity index (χ1) is 7.04. The van der Waals surface area contributed by atoms with Crippen molar-refractivity contribution in [3.8, 4) is 11.8 Å². The van der Waals surface area contributed by atoms with Crippen molar-refractivity contribution in [1.82, 2.24) is 4.98 Å². The summed E-state index contributed by atoms with van der Waals surface area (Å²) >= 11 is 3.94. The van der Waals surface area contributed by atoms with Crippen LogP contribution >= 0.6 is 12.6 Å². The summed E-state index contributed by atoms with van der Waals surface area (Å²) in [5, 5.41) is 0. The first-order valence-corrected chi connectivity index (χ1v) is 4.79. The third-order valence-electron chi connectivity index (χ3n) is 1.54. The molecule has 1 heterocycles. The van der Waals surface area contributed by atoms with Crippen LogP contribution < -0.4 is 0 Å². The Hall–Kier alpha value is -1.15. The lowest BCUT2D eigenvalue weighted by molar-refractivity contribution is -0.137. The van der Waals surface area contributed by atoms with Gasteiger partial charge in [0.1, 0.15) is 0 Å². The third kappa shape index (κ3) is 3.84. The lowest BCUT2D eigenvalue weighted by Gasteiger charge is -2.04. The average molecular weight is 231 g/mol. The number of nitrogens with zero attached hydrogens (tertiary/aromatic N) is 1. The van der Waals surface area contributed by atoms with E-state index in [-0.39, 0.29) is 5.56 Å². The predicted octanol–water partition coefficient (Wildman–Crippen LogP) is 2.77. The summed E-state index contributed by atoms with van der Waals surface area (Å²) in [5.74, 6) is 5.88. The quantitative estimate of drug-likeness (QED) is 0.579. The Kier molecular flexibility index (Phi) is 4.04. The molecule has 15 heavy (non-hydrogen) atoms. The summed E-state index contributed by atoms with van der Waals surface area (Å²) in [5.41, 5.74) is -0.508. The molecule has 0 amide bonds. The van der Waals surface area contributed by atoms with Gasteiger partial charge in [0.25, 0.3) is 0 Å². The van der Waals surface area contributed by atoms with Gasteiger partial charge in [0, 0.05) is 30.1 Å². The highest BCUT2D eigenvalue weighted by Crippen LogP contribution is 2.28. The summed E-state index contributed by atoms with van der Waals surface area (Å²) < 4.78 is 36.8. The van der Waals surface area contributed by atoms with Crippen molar-refractivity contribution >= 4 is 12.6 Å². The lowest BCUT2D eigenvalue weighted by Crippen LogP contribution is -2.05. The van der Waals surface area contributed by atoms with Crippen LogP contribution in [-0.4, -0.2) is 10.7 Å². The van der Waals surface area contributed by atoms with Crippen LogP contribution in [0.25, 0.3) is 0 Å². The zero-order valence-corrected chi connectivity index (χ0v) is 8.57. The molecule has 0 aliphatic rings. The third-order valence-corrected chi connectivity index (χ3v) is 1.76. The molecular formula is C10H8F3NS. The number of halogens is 3. The van der Waals surface area contributed by atoms with Crippen molar-refractivity contribution in [2.45, 2.75) is 12.6 Å². The molecule has 1 rings (SSSR count). The minimum Gasteiger partial charge on any atom is -0.263 e. The molecule has 5 heteroatoms. The van der Waals surface area contributed by atoms with E-state index < -0.39 is 11.7 Å². The number of alkyl halides is 3. The van der Waals surface area contributed by atoms with Crippen LogP contribution in [0.4, 0.5) is 13.2 Å². The van der Waals surface area contributed by atoms with Gasteiger partial charge < -0.3 is 0 Å². The SMILES string of the molecule is FC(F)(F)c1cncc(C#CCCS)c1. The molecule has 0 fully saturated rings. The standard InChI is InChI=1S/C10H8F3NS/c11-10(12,13)9-5-8(6-14-7-9)3-1-2-4-15/h5-7,15H,2,4H2. The largest absolute Gasteiger partial charge is 0.417 e. The van der Waals surface area contributed by atoms with Gasteiger partial charge in [0.05, 0.1) is 5.56 Å². The van der Waals surface area contributed by atoms with Crippen LogP contribution in [0.1, 0.15) is 17.5 Å². The topological polar surface area (TPSA) is 12.9 Å². The van der Waals surface area contributed by atoms with Crippen molar-refractivity contribution < 1.29 is 13.2 Å². The monoisotopic (exact) mass is 231 g/mol. The number of hydrogen-bond acceptors (Lipinski definition) is 2. The maximum atomic E-state index is 12.3. The molecule has 0 aliphatic carbocycles. The van der Waals surface area contributed by atoms with Gasteiger partial charge in [0.2, 0.25) is 0 Å². The molecule has 1 nitrogen and oxygen atoms in total. The second-order valence-electron chi connectivity index (χ2n) is 2.74. The second-order valence-corrected chi connectivity index (χ2v) is 3.18. The zero-order valence-electron chi connectivity index (χ0n) is 7.67. The zero-order chi connectivity index (χ0) is 11.3. The Morgan fingerprint density at radius 1 is 1.33 bits per heavy atom. The number of rotatable bonds is 1. The lowest BCUT2D eigenvalue weighted by atomic mass is 10.2. The fourth-order valence-corrected chi connectivity index (χ4v) is 0.996.